The maximum Gasteiger partial charge on any atom is 0.295 e. The number of benzene rings is 1. The lowest BCUT2D eigenvalue weighted by Gasteiger charge is -2.31. The predicted octanol–water partition coefficient (Wildman–Crippen LogP) is 2.80. The maximum absolute atomic E-state index is 13.5. The molecule has 2 aliphatic rings. The van der Waals surface area contributed by atoms with Crippen LogP contribution in [0.2, 0.25) is 0 Å². The lowest BCUT2D eigenvalue weighted by atomic mass is 9.96. The molecule has 10 nitrogen and oxygen atoms in total. The molecule has 1 amide bonds. The van der Waals surface area contributed by atoms with Gasteiger partial charge in [-0.3, -0.25) is 18.9 Å². The number of ether oxygens (including phenoxy) is 3. The van der Waals surface area contributed by atoms with Crippen LogP contribution in [-0.4, -0.2) is 89.1 Å². The Balaban J connectivity index is 1.63. The number of pyridine rings is 1. The highest BCUT2D eigenvalue weighted by Gasteiger charge is 2.46. The van der Waals surface area contributed by atoms with E-state index in [1.165, 1.54) is 4.90 Å². The number of carbonyl (C=O) groups is 2. The third kappa shape index (κ3) is 4.61. The zero-order valence-electron chi connectivity index (χ0n) is 21.8. The minimum Gasteiger partial charge on any atom is -0.505 e. The van der Waals surface area contributed by atoms with Crippen LogP contribution in [0.5, 0.6) is 11.5 Å². The number of imidazole rings is 1. The van der Waals surface area contributed by atoms with Crippen molar-refractivity contribution < 1.29 is 28.9 Å². The predicted molar refractivity (Wildman–Crippen MR) is 140 cm³/mol. The van der Waals surface area contributed by atoms with E-state index < -0.39 is 17.7 Å². The van der Waals surface area contributed by atoms with Gasteiger partial charge in [0, 0.05) is 32.4 Å². The molecule has 2 saturated heterocycles. The molecule has 1 aromatic carbocycles. The van der Waals surface area contributed by atoms with Gasteiger partial charge in [-0.1, -0.05) is 12.1 Å². The number of amides is 1. The third-order valence-corrected chi connectivity index (χ3v) is 7.03. The first-order valence-corrected chi connectivity index (χ1v) is 12.8. The zero-order chi connectivity index (χ0) is 26.8. The second-order valence-corrected chi connectivity index (χ2v) is 9.26. The molecule has 0 aliphatic carbocycles. The van der Waals surface area contributed by atoms with Crippen LogP contribution in [0.1, 0.15) is 29.9 Å². The zero-order valence-corrected chi connectivity index (χ0v) is 21.8. The summed E-state index contributed by atoms with van der Waals surface area (Å²) in [7, 11) is 1.54. The Bertz CT molecular complexity index is 1390. The number of Topliss-reactive ketones (excluding diaryl/α,β-unsaturated/α-hetero) is 1. The van der Waals surface area contributed by atoms with E-state index in [4.69, 9.17) is 14.2 Å². The van der Waals surface area contributed by atoms with Crippen molar-refractivity contribution in [3.63, 3.8) is 0 Å². The number of rotatable bonds is 8. The van der Waals surface area contributed by atoms with Crippen LogP contribution >= 0.6 is 0 Å². The Morgan fingerprint density at radius 2 is 1.92 bits per heavy atom. The summed E-state index contributed by atoms with van der Waals surface area (Å²) in [4.78, 5) is 35.2. The maximum atomic E-state index is 13.5. The topological polar surface area (TPSA) is 106 Å². The number of aryl methyl sites for hydroxylation is 1. The number of fused-ring (bicyclic) bond motifs is 1. The molecule has 0 radical (unpaired) electrons. The number of nitrogens with zero attached hydrogens (tertiary/aromatic N) is 4. The second kappa shape index (κ2) is 10.8. The van der Waals surface area contributed by atoms with Crippen molar-refractivity contribution in [2.45, 2.75) is 19.9 Å². The number of likely N-dealkylation sites (tertiary alicyclic amines) is 1. The number of aromatic nitrogens is 2. The van der Waals surface area contributed by atoms with Gasteiger partial charge in [0.1, 0.15) is 11.3 Å². The standard InChI is InChI=1S/C28H32N4O6/c1-4-38-20-9-8-19(17-21(20)36-3)25-23(26(33)24-18(2)29-22-7-5-6-10-31(22)24)27(34)28(35)32(25)12-11-30-13-15-37-16-14-30/h5-10,17,25,33H,4,11-16H2,1-3H3/b26-23+. The van der Waals surface area contributed by atoms with Gasteiger partial charge in [0.2, 0.25) is 0 Å². The van der Waals surface area contributed by atoms with Gasteiger partial charge in [-0.05, 0) is 43.7 Å². The average molecular weight is 521 g/mol. The van der Waals surface area contributed by atoms with E-state index in [1.54, 1.807) is 42.8 Å². The summed E-state index contributed by atoms with van der Waals surface area (Å²) in [5, 5.41) is 11.6. The quantitative estimate of drug-likeness (QED) is 0.275. The van der Waals surface area contributed by atoms with Gasteiger partial charge in [-0.15, -0.1) is 0 Å². The van der Waals surface area contributed by atoms with Crippen LogP contribution in [0, 0.1) is 6.92 Å². The summed E-state index contributed by atoms with van der Waals surface area (Å²) in [5.74, 6) is -0.598. The summed E-state index contributed by atoms with van der Waals surface area (Å²) >= 11 is 0. The number of ketones is 1. The Hall–Kier alpha value is -3.89. The smallest absolute Gasteiger partial charge is 0.295 e. The largest absolute Gasteiger partial charge is 0.505 e. The highest BCUT2D eigenvalue weighted by Crippen LogP contribution is 2.42. The molecule has 0 saturated carbocycles. The number of hydrogen-bond donors (Lipinski definition) is 1. The number of methoxy groups -OCH3 is 1. The summed E-state index contributed by atoms with van der Waals surface area (Å²) in [6.45, 7) is 7.78. The summed E-state index contributed by atoms with van der Waals surface area (Å²) < 4.78 is 18.4. The Kier molecular flexibility index (Phi) is 7.35. The van der Waals surface area contributed by atoms with E-state index in [2.05, 4.69) is 9.88 Å². The van der Waals surface area contributed by atoms with Crippen molar-refractivity contribution in [3.8, 4) is 11.5 Å². The van der Waals surface area contributed by atoms with Crippen molar-refractivity contribution in [3.05, 3.63) is 65.1 Å². The minimum atomic E-state index is -0.811. The molecular weight excluding hydrogens is 488 g/mol. The normalized spacial score (nSPS) is 19.9. The molecule has 0 bridgehead atoms. The molecule has 2 fully saturated rings. The third-order valence-electron chi connectivity index (χ3n) is 7.03. The summed E-state index contributed by atoms with van der Waals surface area (Å²) in [6, 6.07) is 10.0. The van der Waals surface area contributed by atoms with Gasteiger partial charge >= 0.3 is 0 Å². The molecule has 10 heteroatoms. The van der Waals surface area contributed by atoms with Crippen molar-refractivity contribution in [2.75, 3.05) is 53.1 Å². The van der Waals surface area contributed by atoms with Gasteiger partial charge in [0.25, 0.3) is 11.7 Å². The summed E-state index contributed by atoms with van der Waals surface area (Å²) in [5.41, 5.74) is 2.23. The minimum absolute atomic E-state index is 0.0249. The van der Waals surface area contributed by atoms with E-state index in [1.807, 2.05) is 25.1 Å². The van der Waals surface area contributed by atoms with Gasteiger partial charge in [-0.2, -0.15) is 0 Å². The lowest BCUT2D eigenvalue weighted by Crippen LogP contribution is -2.42. The van der Waals surface area contributed by atoms with Crippen LogP contribution in [0.3, 0.4) is 0 Å². The lowest BCUT2D eigenvalue weighted by molar-refractivity contribution is -0.140. The van der Waals surface area contributed by atoms with Crippen molar-refractivity contribution in [1.82, 2.24) is 19.2 Å². The number of hydrogen-bond acceptors (Lipinski definition) is 8. The highest BCUT2D eigenvalue weighted by molar-refractivity contribution is 6.46. The molecule has 1 atom stereocenters. The number of aliphatic hydroxyl groups is 1. The molecule has 3 aromatic rings. The van der Waals surface area contributed by atoms with Gasteiger partial charge in [-0.25, -0.2) is 4.98 Å². The Labute approximate surface area is 221 Å². The first-order chi connectivity index (χ1) is 18.4. The van der Waals surface area contributed by atoms with E-state index in [-0.39, 0.29) is 11.3 Å². The van der Waals surface area contributed by atoms with Gasteiger partial charge < -0.3 is 24.2 Å². The molecular formula is C28H32N4O6. The van der Waals surface area contributed by atoms with Crippen molar-refractivity contribution >= 4 is 23.1 Å². The van der Waals surface area contributed by atoms with E-state index in [0.717, 1.165) is 13.1 Å². The van der Waals surface area contributed by atoms with Crippen molar-refractivity contribution in [2.24, 2.45) is 0 Å². The van der Waals surface area contributed by atoms with Gasteiger partial charge in [0.05, 0.1) is 44.2 Å². The molecule has 1 unspecified atom stereocenters. The molecule has 200 valence electrons. The van der Waals surface area contributed by atoms with Crippen molar-refractivity contribution in [1.29, 1.82) is 0 Å². The van der Waals surface area contributed by atoms with E-state index >= 15 is 0 Å². The van der Waals surface area contributed by atoms with Crippen LogP contribution in [0.4, 0.5) is 0 Å². The van der Waals surface area contributed by atoms with Crippen LogP contribution in [0.25, 0.3) is 11.4 Å². The average Bonchev–Trinajstić information content (AvgIpc) is 3.40. The molecule has 2 aromatic heterocycles. The molecule has 38 heavy (non-hydrogen) atoms. The number of morpholine rings is 1. The van der Waals surface area contributed by atoms with E-state index in [0.29, 0.717) is 67.0 Å². The molecule has 1 N–H and O–H groups in total. The molecule has 2 aliphatic heterocycles. The first kappa shape index (κ1) is 25.7. The molecule has 5 rings (SSSR count). The van der Waals surface area contributed by atoms with Crippen LogP contribution in [0.15, 0.2) is 48.2 Å². The SMILES string of the molecule is CCOc1ccc(C2/C(=C(\O)c3c(C)nc4ccccn34)C(=O)C(=O)N2CCN2CCOCC2)cc1OC. The molecule has 0 spiro atoms. The van der Waals surface area contributed by atoms with Crippen LogP contribution in [-0.2, 0) is 14.3 Å². The fourth-order valence-corrected chi connectivity index (χ4v) is 5.19. The number of aliphatic hydroxyl groups excluding tert-OH is 1. The number of carbonyl (C=O) groups excluding carboxylic acids is 2. The Morgan fingerprint density at radius 3 is 2.66 bits per heavy atom. The first-order valence-electron chi connectivity index (χ1n) is 12.8. The molecule has 4 heterocycles. The second-order valence-electron chi connectivity index (χ2n) is 9.26. The fourth-order valence-electron chi connectivity index (χ4n) is 5.19. The fraction of sp³-hybridized carbons (Fsp3) is 0.393. The van der Waals surface area contributed by atoms with Crippen LogP contribution < -0.4 is 9.47 Å². The van der Waals surface area contributed by atoms with E-state index in [9.17, 15) is 14.7 Å². The monoisotopic (exact) mass is 520 g/mol. The van der Waals surface area contributed by atoms with Gasteiger partial charge in [0.15, 0.2) is 17.3 Å². The Morgan fingerprint density at radius 1 is 1.13 bits per heavy atom. The highest BCUT2D eigenvalue weighted by atomic mass is 16.5. The summed E-state index contributed by atoms with van der Waals surface area (Å²) in [6.07, 6.45) is 1.77.